The zero-order valence-electron chi connectivity index (χ0n) is 14.2. The smallest absolute Gasteiger partial charge is 0.253 e. The Labute approximate surface area is 143 Å². The van der Waals surface area contributed by atoms with Gasteiger partial charge in [0, 0.05) is 18.2 Å². The molecule has 0 aliphatic carbocycles. The standard InChI is InChI=1S/C18H18F2N4O/c1-18(2,3)17-23-22-15-7-5-12(10-24(15)17)16(25)21-9-11-4-6-13(19)14(20)8-11/h4-8,10H,9H2,1-3H3,(H,21,25). The number of fused-ring (bicyclic) bond motifs is 1. The normalized spacial score (nSPS) is 11.7. The van der Waals surface area contributed by atoms with E-state index in [9.17, 15) is 13.6 Å². The van der Waals surface area contributed by atoms with Crippen LogP contribution in [0.2, 0.25) is 0 Å². The van der Waals surface area contributed by atoms with E-state index in [4.69, 9.17) is 0 Å². The fourth-order valence-electron chi connectivity index (χ4n) is 2.47. The molecule has 0 atom stereocenters. The SMILES string of the molecule is CC(C)(C)c1nnc2ccc(C(=O)NCc3ccc(F)c(F)c3)cn12. The fraction of sp³-hybridized carbons (Fsp3) is 0.278. The highest BCUT2D eigenvalue weighted by Crippen LogP contribution is 2.21. The van der Waals surface area contributed by atoms with Gasteiger partial charge in [-0.1, -0.05) is 26.8 Å². The highest BCUT2D eigenvalue weighted by molar-refractivity contribution is 5.94. The lowest BCUT2D eigenvalue weighted by molar-refractivity contribution is 0.0950. The van der Waals surface area contributed by atoms with Gasteiger partial charge in [-0.3, -0.25) is 9.20 Å². The van der Waals surface area contributed by atoms with Gasteiger partial charge in [-0.05, 0) is 29.8 Å². The molecule has 2 heterocycles. The Morgan fingerprint density at radius 2 is 1.88 bits per heavy atom. The van der Waals surface area contributed by atoms with Crippen LogP contribution in [-0.2, 0) is 12.0 Å². The molecule has 3 aromatic rings. The van der Waals surface area contributed by atoms with Gasteiger partial charge in [-0.25, -0.2) is 8.78 Å². The number of carbonyl (C=O) groups excluding carboxylic acids is 1. The van der Waals surface area contributed by atoms with Gasteiger partial charge in [0.2, 0.25) is 0 Å². The molecule has 0 spiro atoms. The van der Waals surface area contributed by atoms with Gasteiger partial charge >= 0.3 is 0 Å². The van der Waals surface area contributed by atoms with E-state index < -0.39 is 11.6 Å². The molecular formula is C18H18F2N4O. The van der Waals surface area contributed by atoms with Gasteiger partial charge in [0.05, 0.1) is 5.56 Å². The van der Waals surface area contributed by atoms with Crippen molar-refractivity contribution in [2.45, 2.75) is 32.7 Å². The third kappa shape index (κ3) is 3.50. The molecule has 0 radical (unpaired) electrons. The van der Waals surface area contributed by atoms with E-state index in [1.807, 2.05) is 20.8 Å². The third-order valence-electron chi connectivity index (χ3n) is 3.77. The van der Waals surface area contributed by atoms with Crippen LogP contribution in [0.1, 0.15) is 42.5 Å². The molecule has 2 aromatic heterocycles. The zero-order chi connectivity index (χ0) is 18.2. The highest BCUT2D eigenvalue weighted by Gasteiger charge is 2.21. The van der Waals surface area contributed by atoms with Gasteiger partial charge in [-0.15, -0.1) is 10.2 Å². The number of aromatic nitrogens is 3. The van der Waals surface area contributed by atoms with Crippen LogP contribution in [0.25, 0.3) is 5.65 Å². The number of hydrogen-bond acceptors (Lipinski definition) is 3. The Balaban J connectivity index is 1.81. The minimum atomic E-state index is -0.938. The molecule has 0 fully saturated rings. The lowest BCUT2D eigenvalue weighted by atomic mass is 9.96. The van der Waals surface area contributed by atoms with E-state index in [2.05, 4.69) is 15.5 Å². The molecule has 1 aromatic carbocycles. The minimum absolute atomic E-state index is 0.0996. The van der Waals surface area contributed by atoms with Crippen LogP contribution in [0.3, 0.4) is 0 Å². The number of hydrogen-bond donors (Lipinski definition) is 1. The summed E-state index contributed by atoms with van der Waals surface area (Å²) in [7, 11) is 0. The zero-order valence-corrected chi connectivity index (χ0v) is 14.2. The van der Waals surface area contributed by atoms with Crippen molar-refractivity contribution in [2.75, 3.05) is 0 Å². The second-order valence-electron chi connectivity index (χ2n) is 6.85. The maximum atomic E-state index is 13.2. The average Bonchev–Trinajstić information content (AvgIpc) is 2.99. The summed E-state index contributed by atoms with van der Waals surface area (Å²) in [6.45, 7) is 6.14. The average molecular weight is 344 g/mol. The number of benzene rings is 1. The lowest BCUT2D eigenvalue weighted by Gasteiger charge is -2.16. The number of amides is 1. The molecule has 0 aliphatic rings. The molecule has 3 rings (SSSR count). The van der Waals surface area contributed by atoms with Crippen molar-refractivity contribution < 1.29 is 13.6 Å². The van der Waals surface area contributed by atoms with E-state index in [1.54, 1.807) is 22.7 Å². The summed E-state index contributed by atoms with van der Waals surface area (Å²) in [5, 5.41) is 11.0. The number of nitrogens with one attached hydrogen (secondary N) is 1. The fourth-order valence-corrected chi connectivity index (χ4v) is 2.47. The van der Waals surface area contributed by atoms with E-state index in [0.29, 0.717) is 16.8 Å². The number of pyridine rings is 1. The summed E-state index contributed by atoms with van der Waals surface area (Å²) in [5.41, 5.74) is 1.34. The Bertz CT molecular complexity index is 944. The van der Waals surface area contributed by atoms with E-state index in [-0.39, 0.29) is 17.9 Å². The van der Waals surface area contributed by atoms with Crippen molar-refractivity contribution in [3.8, 4) is 0 Å². The Hall–Kier alpha value is -2.83. The van der Waals surface area contributed by atoms with E-state index in [1.165, 1.54) is 6.07 Å². The van der Waals surface area contributed by atoms with Crippen LogP contribution in [0.4, 0.5) is 8.78 Å². The molecular weight excluding hydrogens is 326 g/mol. The van der Waals surface area contributed by atoms with Crippen LogP contribution in [0, 0.1) is 11.6 Å². The molecule has 0 unspecified atom stereocenters. The predicted molar refractivity (Wildman–Crippen MR) is 89.2 cm³/mol. The van der Waals surface area contributed by atoms with Crippen LogP contribution >= 0.6 is 0 Å². The topological polar surface area (TPSA) is 59.3 Å². The molecule has 0 saturated heterocycles. The molecule has 5 nitrogen and oxygen atoms in total. The van der Waals surface area contributed by atoms with Crippen LogP contribution in [-0.4, -0.2) is 20.5 Å². The summed E-state index contributed by atoms with van der Waals surface area (Å²) in [6, 6.07) is 6.90. The largest absolute Gasteiger partial charge is 0.348 e. The first-order chi connectivity index (χ1) is 11.8. The van der Waals surface area contributed by atoms with Crippen molar-refractivity contribution in [1.29, 1.82) is 0 Å². The number of rotatable bonds is 3. The molecule has 0 aliphatic heterocycles. The van der Waals surface area contributed by atoms with Crippen LogP contribution in [0.15, 0.2) is 36.5 Å². The molecule has 0 saturated carbocycles. The predicted octanol–water partition coefficient (Wildman–Crippen LogP) is 3.24. The van der Waals surface area contributed by atoms with Gasteiger partial charge in [-0.2, -0.15) is 0 Å². The second kappa shape index (κ2) is 6.23. The highest BCUT2D eigenvalue weighted by atomic mass is 19.2. The van der Waals surface area contributed by atoms with Crippen molar-refractivity contribution in [3.63, 3.8) is 0 Å². The first-order valence-corrected chi connectivity index (χ1v) is 7.83. The van der Waals surface area contributed by atoms with Crippen molar-refractivity contribution >= 4 is 11.6 Å². The van der Waals surface area contributed by atoms with Gasteiger partial charge in [0.1, 0.15) is 5.82 Å². The number of carbonyl (C=O) groups is 1. The molecule has 130 valence electrons. The quantitative estimate of drug-likeness (QED) is 0.793. The maximum absolute atomic E-state index is 13.2. The van der Waals surface area contributed by atoms with Gasteiger partial charge < -0.3 is 5.32 Å². The first-order valence-electron chi connectivity index (χ1n) is 7.83. The Morgan fingerprint density at radius 3 is 2.56 bits per heavy atom. The summed E-state index contributed by atoms with van der Waals surface area (Å²) in [5.74, 6) is -1.42. The van der Waals surface area contributed by atoms with Gasteiger partial charge in [0.15, 0.2) is 17.3 Å². The summed E-state index contributed by atoms with van der Waals surface area (Å²) >= 11 is 0. The van der Waals surface area contributed by atoms with E-state index in [0.717, 1.165) is 18.0 Å². The van der Waals surface area contributed by atoms with Crippen molar-refractivity contribution in [3.05, 3.63) is 65.1 Å². The number of halogens is 2. The van der Waals surface area contributed by atoms with E-state index >= 15 is 0 Å². The maximum Gasteiger partial charge on any atom is 0.253 e. The third-order valence-corrected chi connectivity index (χ3v) is 3.77. The molecule has 1 N–H and O–H groups in total. The number of nitrogens with zero attached hydrogens (tertiary/aromatic N) is 3. The Kier molecular flexibility index (Phi) is 4.24. The van der Waals surface area contributed by atoms with Crippen LogP contribution < -0.4 is 5.32 Å². The summed E-state index contributed by atoms with van der Waals surface area (Å²) in [4.78, 5) is 12.4. The lowest BCUT2D eigenvalue weighted by Crippen LogP contribution is -2.23. The monoisotopic (exact) mass is 344 g/mol. The molecule has 25 heavy (non-hydrogen) atoms. The second-order valence-corrected chi connectivity index (χ2v) is 6.85. The summed E-state index contributed by atoms with van der Waals surface area (Å²) < 4.78 is 27.9. The minimum Gasteiger partial charge on any atom is -0.348 e. The first kappa shape index (κ1) is 17.0. The van der Waals surface area contributed by atoms with Crippen molar-refractivity contribution in [1.82, 2.24) is 19.9 Å². The molecule has 7 heteroatoms. The van der Waals surface area contributed by atoms with Gasteiger partial charge in [0.25, 0.3) is 5.91 Å². The van der Waals surface area contributed by atoms with Crippen LogP contribution in [0.5, 0.6) is 0 Å². The molecule has 1 amide bonds. The summed E-state index contributed by atoms with van der Waals surface area (Å²) in [6.07, 6.45) is 1.68. The van der Waals surface area contributed by atoms with Crippen molar-refractivity contribution in [2.24, 2.45) is 0 Å². The molecule has 0 bridgehead atoms. The Morgan fingerprint density at radius 1 is 1.12 bits per heavy atom.